The summed E-state index contributed by atoms with van der Waals surface area (Å²) in [5.41, 5.74) is 4.09. The number of carbonyl (C=O) groups is 1. The quantitative estimate of drug-likeness (QED) is 0.399. The molecule has 2 N–H and O–H groups in total. The standard InChI is InChI=1S/C24H23Cl2N7O2/c1-13(22-16(25)8-27-9-17(22)26)35-14-3-4-18-15(7-14)23(31-30-18)24-28-19-10-33(11-20(19)29-24)21(34)12-32-5-2-6-32/h3-4,7-9,13H,2,5-6,10-12H2,1H3,(H,28,29)(H,30,31). The number of halogens is 2. The molecule has 2 aliphatic heterocycles. The molecule has 0 aliphatic carbocycles. The van der Waals surface area contributed by atoms with Crippen molar-refractivity contribution in [2.24, 2.45) is 0 Å². The van der Waals surface area contributed by atoms with E-state index in [4.69, 9.17) is 32.9 Å². The van der Waals surface area contributed by atoms with Crippen molar-refractivity contribution in [1.29, 1.82) is 0 Å². The van der Waals surface area contributed by atoms with E-state index >= 15 is 0 Å². The van der Waals surface area contributed by atoms with Crippen molar-refractivity contribution in [3.05, 3.63) is 57.6 Å². The molecule has 2 aliphatic rings. The predicted molar refractivity (Wildman–Crippen MR) is 132 cm³/mol. The molecule has 35 heavy (non-hydrogen) atoms. The summed E-state index contributed by atoms with van der Waals surface area (Å²) in [4.78, 5) is 28.7. The number of likely N-dealkylation sites (tertiary alicyclic amines) is 1. The Hall–Kier alpha value is -3.14. The number of aromatic nitrogens is 5. The highest BCUT2D eigenvalue weighted by atomic mass is 35.5. The normalized spacial score (nSPS) is 16.4. The van der Waals surface area contributed by atoms with Gasteiger partial charge in [0.25, 0.3) is 0 Å². The number of carbonyl (C=O) groups excluding carboxylic acids is 1. The van der Waals surface area contributed by atoms with Gasteiger partial charge in [-0.05, 0) is 44.6 Å². The van der Waals surface area contributed by atoms with Crippen LogP contribution in [0.2, 0.25) is 10.0 Å². The summed E-state index contributed by atoms with van der Waals surface area (Å²) in [5.74, 6) is 1.47. The molecule has 0 saturated carbocycles. The van der Waals surface area contributed by atoms with Crippen molar-refractivity contribution in [2.45, 2.75) is 32.5 Å². The minimum atomic E-state index is -0.377. The molecule has 0 spiro atoms. The maximum Gasteiger partial charge on any atom is 0.237 e. The number of aromatic amines is 2. The molecule has 3 aromatic heterocycles. The van der Waals surface area contributed by atoms with Crippen molar-refractivity contribution < 1.29 is 9.53 Å². The van der Waals surface area contributed by atoms with E-state index in [0.717, 1.165) is 35.4 Å². The van der Waals surface area contributed by atoms with E-state index in [0.29, 0.717) is 52.5 Å². The largest absolute Gasteiger partial charge is 0.486 e. The molecular formula is C24H23Cl2N7O2. The highest BCUT2D eigenvalue weighted by Crippen LogP contribution is 2.35. The van der Waals surface area contributed by atoms with Crippen LogP contribution in [-0.4, -0.2) is 60.5 Å². The summed E-state index contributed by atoms with van der Waals surface area (Å²) in [6, 6.07) is 5.70. The summed E-state index contributed by atoms with van der Waals surface area (Å²) in [6.45, 7) is 5.44. The van der Waals surface area contributed by atoms with Crippen LogP contribution in [0.4, 0.5) is 0 Å². The van der Waals surface area contributed by atoms with Gasteiger partial charge in [-0.2, -0.15) is 5.10 Å². The van der Waals surface area contributed by atoms with E-state index < -0.39 is 0 Å². The van der Waals surface area contributed by atoms with Gasteiger partial charge in [0, 0.05) is 23.3 Å². The highest BCUT2D eigenvalue weighted by Gasteiger charge is 2.29. The first kappa shape index (κ1) is 22.3. The first-order valence-corrected chi connectivity index (χ1v) is 12.2. The number of amides is 1. The maximum absolute atomic E-state index is 12.6. The minimum Gasteiger partial charge on any atom is -0.486 e. The second kappa shape index (κ2) is 8.82. The number of hydrogen-bond acceptors (Lipinski definition) is 6. The van der Waals surface area contributed by atoms with Crippen LogP contribution in [0, 0.1) is 0 Å². The molecule has 9 nitrogen and oxygen atoms in total. The monoisotopic (exact) mass is 511 g/mol. The SMILES string of the molecule is CC(Oc1ccc2[nH]nc(-c3nc4c([nH]3)CN(C(=O)CN3CCC3)C4)c2c1)c1c(Cl)cncc1Cl. The molecule has 0 bridgehead atoms. The van der Waals surface area contributed by atoms with Crippen LogP contribution in [0.15, 0.2) is 30.6 Å². The van der Waals surface area contributed by atoms with Gasteiger partial charge < -0.3 is 14.6 Å². The number of pyridine rings is 1. The molecule has 1 amide bonds. The van der Waals surface area contributed by atoms with E-state index in [2.05, 4.69) is 25.1 Å². The third-order valence-corrected chi connectivity index (χ3v) is 7.19. The van der Waals surface area contributed by atoms with Crippen molar-refractivity contribution in [1.82, 2.24) is 34.9 Å². The van der Waals surface area contributed by atoms with E-state index in [-0.39, 0.29) is 12.0 Å². The molecule has 1 atom stereocenters. The third kappa shape index (κ3) is 4.13. The van der Waals surface area contributed by atoms with Gasteiger partial charge in [-0.25, -0.2) is 4.98 Å². The van der Waals surface area contributed by atoms with Gasteiger partial charge in [0.1, 0.15) is 17.5 Å². The number of fused-ring (bicyclic) bond motifs is 2. The summed E-state index contributed by atoms with van der Waals surface area (Å²) in [7, 11) is 0. The van der Waals surface area contributed by atoms with Crippen molar-refractivity contribution in [2.75, 3.05) is 19.6 Å². The Bertz CT molecular complexity index is 1390. The van der Waals surface area contributed by atoms with E-state index in [1.165, 1.54) is 6.42 Å². The van der Waals surface area contributed by atoms with E-state index in [1.807, 2.05) is 30.0 Å². The number of rotatable bonds is 6. The van der Waals surface area contributed by atoms with Crippen LogP contribution in [-0.2, 0) is 17.9 Å². The van der Waals surface area contributed by atoms with Gasteiger partial charge in [0.05, 0.1) is 46.6 Å². The van der Waals surface area contributed by atoms with Crippen LogP contribution in [0.3, 0.4) is 0 Å². The smallest absolute Gasteiger partial charge is 0.237 e. The Morgan fingerprint density at radius 3 is 2.71 bits per heavy atom. The lowest BCUT2D eigenvalue weighted by atomic mass is 10.1. The molecular weight excluding hydrogens is 489 g/mol. The van der Waals surface area contributed by atoms with Crippen molar-refractivity contribution >= 4 is 40.0 Å². The number of ether oxygens (including phenoxy) is 1. The number of nitrogens with zero attached hydrogens (tertiary/aromatic N) is 5. The fourth-order valence-corrected chi connectivity index (χ4v) is 5.25. The lowest BCUT2D eigenvalue weighted by Gasteiger charge is -2.31. The lowest BCUT2D eigenvalue weighted by Crippen LogP contribution is -2.44. The molecule has 1 fully saturated rings. The Morgan fingerprint density at radius 1 is 1.20 bits per heavy atom. The predicted octanol–water partition coefficient (Wildman–Crippen LogP) is 4.34. The van der Waals surface area contributed by atoms with Gasteiger partial charge in [0.2, 0.25) is 5.91 Å². The molecule has 1 aromatic carbocycles. The molecule has 1 unspecified atom stereocenters. The Labute approximate surface area is 211 Å². The second-order valence-electron chi connectivity index (χ2n) is 8.95. The average Bonchev–Trinajstić information content (AvgIpc) is 3.48. The zero-order valence-electron chi connectivity index (χ0n) is 19.0. The van der Waals surface area contributed by atoms with Gasteiger partial charge in [-0.3, -0.25) is 19.8 Å². The number of benzene rings is 1. The number of imidazole rings is 1. The third-order valence-electron chi connectivity index (χ3n) is 6.58. The number of nitrogens with one attached hydrogen (secondary N) is 2. The second-order valence-corrected chi connectivity index (χ2v) is 9.76. The van der Waals surface area contributed by atoms with Crippen LogP contribution in [0.1, 0.15) is 36.4 Å². The van der Waals surface area contributed by atoms with E-state index in [9.17, 15) is 4.79 Å². The highest BCUT2D eigenvalue weighted by molar-refractivity contribution is 6.35. The van der Waals surface area contributed by atoms with Crippen molar-refractivity contribution in [3.63, 3.8) is 0 Å². The molecule has 4 aromatic rings. The fraction of sp³-hybridized carbons (Fsp3) is 0.333. The maximum atomic E-state index is 12.6. The Morgan fingerprint density at radius 2 is 2.00 bits per heavy atom. The first-order valence-electron chi connectivity index (χ1n) is 11.5. The van der Waals surface area contributed by atoms with Crippen LogP contribution < -0.4 is 4.74 Å². The number of hydrogen-bond donors (Lipinski definition) is 2. The lowest BCUT2D eigenvalue weighted by molar-refractivity contribution is -0.134. The molecule has 0 radical (unpaired) electrons. The zero-order valence-corrected chi connectivity index (χ0v) is 20.5. The van der Waals surface area contributed by atoms with Crippen LogP contribution in [0.5, 0.6) is 5.75 Å². The van der Waals surface area contributed by atoms with Gasteiger partial charge in [0.15, 0.2) is 5.82 Å². The van der Waals surface area contributed by atoms with Crippen LogP contribution in [0.25, 0.3) is 22.4 Å². The average molecular weight is 512 g/mol. The molecule has 6 rings (SSSR count). The molecule has 11 heteroatoms. The topological polar surface area (TPSA) is 103 Å². The van der Waals surface area contributed by atoms with Crippen LogP contribution >= 0.6 is 23.2 Å². The van der Waals surface area contributed by atoms with Gasteiger partial charge in [-0.1, -0.05) is 23.2 Å². The number of H-pyrrole nitrogens is 2. The zero-order chi connectivity index (χ0) is 24.1. The molecule has 5 heterocycles. The minimum absolute atomic E-state index is 0.146. The summed E-state index contributed by atoms with van der Waals surface area (Å²) in [6.07, 6.45) is 3.90. The molecule has 180 valence electrons. The van der Waals surface area contributed by atoms with Crippen molar-refractivity contribution in [3.8, 4) is 17.3 Å². The fourth-order valence-electron chi connectivity index (χ4n) is 4.57. The summed E-state index contributed by atoms with van der Waals surface area (Å²) in [5, 5.41) is 9.33. The Kier molecular flexibility index (Phi) is 5.63. The summed E-state index contributed by atoms with van der Waals surface area (Å²) < 4.78 is 6.16. The summed E-state index contributed by atoms with van der Waals surface area (Å²) >= 11 is 12.6. The first-order chi connectivity index (χ1) is 17.0. The Balaban J connectivity index is 1.22. The van der Waals surface area contributed by atoms with Gasteiger partial charge >= 0.3 is 0 Å². The van der Waals surface area contributed by atoms with E-state index in [1.54, 1.807) is 12.4 Å². The van der Waals surface area contributed by atoms with Gasteiger partial charge in [-0.15, -0.1) is 0 Å². The molecule has 1 saturated heterocycles.